The summed E-state index contributed by atoms with van der Waals surface area (Å²) >= 11 is 3.44. The average molecular weight is 453 g/mol. The van der Waals surface area contributed by atoms with Crippen LogP contribution in [-0.2, 0) is 0 Å². The molecule has 30 heavy (non-hydrogen) atoms. The molecule has 0 atom stereocenters. The zero-order chi connectivity index (χ0) is 20.3. The van der Waals surface area contributed by atoms with Crippen LogP contribution < -0.4 is 0 Å². The Bertz CT molecular complexity index is 1400. The van der Waals surface area contributed by atoms with E-state index in [1.54, 1.807) is 6.21 Å². The number of fused-ring (bicyclic) bond motifs is 2. The normalized spacial score (nSPS) is 11.9. The maximum atomic E-state index is 5.97. The second kappa shape index (κ2) is 8.09. The van der Waals surface area contributed by atoms with Crippen molar-refractivity contribution in [1.29, 1.82) is 0 Å². The fourth-order valence-corrected chi connectivity index (χ4v) is 3.56. The molecule has 0 radical (unpaired) electrons. The molecule has 1 aromatic heterocycles. The summed E-state index contributed by atoms with van der Waals surface area (Å²) in [6.07, 6.45) is 5.73. The van der Waals surface area contributed by atoms with E-state index < -0.39 is 0 Å². The van der Waals surface area contributed by atoms with Crippen molar-refractivity contribution >= 4 is 55.8 Å². The number of rotatable bonds is 4. The Labute approximate surface area is 182 Å². The number of oxazole rings is 1. The predicted octanol–water partition coefficient (Wildman–Crippen LogP) is 7.83. The molecule has 0 amide bonds. The molecular formula is C26H17BrN2O. The van der Waals surface area contributed by atoms with Gasteiger partial charge in [-0.05, 0) is 64.9 Å². The molecule has 0 bridgehead atoms. The van der Waals surface area contributed by atoms with Crippen LogP contribution in [0.15, 0.2) is 105 Å². The molecule has 0 unspecified atom stereocenters. The number of hydrogen-bond donors (Lipinski definition) is 0. The third kappa shape index (κ3) is 3.95. The third-order valence-corrected chi connectivity index (χ3v) is 5.36. The summed E-state index contributed by atoms with van der Waals surface area (Å²) < 4.78 is 7.04. The fraction of sp³-hybridized carbons (Fsp3) is 0. The largest absolute Gasteiger partial charge is 0.436 e. The van der Waals surface area contributed by atoms with Gasteiger partial charge in [-0.15, -0.1) is 0 Å². The van der Waals surface area contributed by atoms with Gasteiger partial charge in [0, 0.05) is 16.3 Å². The Kier molecular flexibility index (Phi) is 4.99. The first-order chi connectivity index (χ1) is 14.7. The van der Waals surface area contributed by atoms with E-state index >= 15 is 0 Å². The van der Waals surface area contributed by atoms with E-state index in [4.69, 9.17) is 4.42 Å². The van der Waals surface area contributed by atoms with E-state index in [9.17, 15) is 0 Å². The Morgan fingerprint density at radius 2 is 1.67 bits per heavy atom. The van der Waals surface area contributed by atoms with Gasteiger partial charge >= 0.3 is 0 Å². The molecule has 0 N–H and O–H groups in total. The summed E-state index contributed by atoms with van der Waals surface area (Å²) in [6.45, 7) is 0. The number of halogens is 1. The summed E-state index contributed by atoms with van der Waals surface area (Å²) in [7, 11) is 0. The molecule has 1 heterocycles. The summed E-state index contributed by atoms with van der Waals surface area (Å²) in [4.78, 5) is 9.18. The molecule has 4 heteroatoms. The summed E-state index contributed by atoms with van der Waals surface area (Å²) in [5.41, 5.74) is 4.47. The molecule has 5 aromatic rings. The second-order valence-corrected chi connectivity index (χ2v) is 7.84. The smallest absolute Gasteiger partial charge is 0.227 e. The Balaban J connectivity index is 1.38. The van der Waals surface area contributed by atoms with Crippen molar-refractivity contribution in [2.75, 3.05) is 0 Å². The van der Waals surface area contributed by atoms with Gasteiger partial charge in [0.25, 0.3) is 0 Å². The van der Waals surface area contributed by atoms with Gasteiger partial charge in [-0.2, -0.15) is 0 Å². The highest BCUT2D eigenvalue weighted by molar-refractivity contribution is 9.10. The molecule has 0 aliphatic rings. The predicted molar refractivity (Wildman–Crippen MR) is 128 cm³/mol. The highest BCUT2D eigenvalue weighted by Gasteiger charge is 2.09. The van der Waals surface area contributed by atoms with Crippen LogP contribution in [0.5, 0.6) is 0 Å². The lowest BCUT2D eigenvalue weighted by Gasteiger charge is -1.99. The van der Waals surface area contributed by atoms with Crippen molar-refractivity contribution in [3.63, 3.8) is 0 Å². The number of benzene rings is 4. The first-order valence-electron chi connectivity index (χ1n) is 9.61. The van der Waals surface area contributed by atoms with Crippen LogP contribution in [0, 0.1) is 0 Å². The van der Waals surface area contributed by atoms with E-state index in [0.29, 0.717) is 5.89 Å². The molecule has 0 aliphatic carbocycles. The Hall–Kier alpha value is -3.50. The maximum Gasteiger partial charge on any atom is 0.227 e. The van der Waals surface area contributed by atoms with Gasteiger partial charge < -0.3 is 4.42 Å². The molecule has 0 aliphatic heterocycles. The minimum Gasteiger partial charge on any atom is -0.436 e. The van der Waals surface area contributed by atoms with Crippen molar-refractivity contribution in [3.05, 3.63) is 101 Å². The molecule has 0 saturated heterocycles. The van der Waals surface area contributed by atoms with Crippen molar-refractivity contribution < 1.29 is 4.42 Å². The molecule has 4 aromatic carbocycles. The van der Waals surface area contributed by atoms with Gasteiger partial charge in [-0.25, -0.2) is 4.98 Å². The van der Waals surface area contributed by atoms with E-state index in [-0.39, 0.29) is 0 Å². The molecule has 5 rings (SSSR count). The zero-order valence-corrected chi connectivity index (χ0v) is 17.6. The third-order valence-electron chi connectivity index (χ3n) is 4.84. The van der Waals surface area contributed by atoms with Crippen molar-refractivity contribution in [3.8, 4) is 11.5 Å². The SMILES string of the molecule is Brc1ccc(C=CC=Nc2ccc3oc(-c4ccc5ccccc5c4)nc3c2)cc1. The van der Waals surface area contributed by atoms with Gasteiger partial charge in [0.2, 0.25) is 5.89 Å². The van der Waals surface area contributed by atoms with Gasteiger partial charge in [-0.3, -0.25) is 4.99 Å². The van der Waals surface area contributed by atoms with Gasteiger partial charge in [0.15, 0.2) is 5.58 Å². The molecule has 144 valence electrons. The van der Waals surface area contributed by atoms with Gasteiger partial charge in [0.1, 0.15) is 5.52 Å². The first-order valence-corrected chi connectivity index (χ1v) is 10.4. The summed E-state index contributed by atoms with van der Waals surface area (Å²) in [5.74, 6) is 0.618. The molecular weight excluding hydrogens is 436 g/mol. The first kappa shape index (κ1) is 18.5. The maximum absolute atomic E-state index is 5.97. The lowest BCUT2D eigenvalue weighted by Crippen LogP contribution is -1.78. The quantitative estimate of drug-likeness (QED) is 0.260. The number of nitrogens with zero attached hydrogens (tertiary/aromatic N) is 2. The Morgan fingerprint density at radius 1 is 0.833 bits per heavy atom. The number of aromatic nitrogens is 1. The van der Waals surface area contributed by atoms with E-state index in [2.05, 4.69) is 50.2 Å². The van der Waals surface area contributed by atoms with Crippen LogP contribution in [-0.4, -0.2) is 11.2 Å². The monoisotopic (exact) mass is 452 g/mol. The van der Waals surface area contributed by atoms with Crippen molar-refractivity contribution in [2.45, 2.75) is 0 Å². The average Bonchev–Trinajstić information content (AvgIpc) is 3.21. The van der Waals surface area contributed by atoms with Crippen LogP contribution in [0.1, 0.15) is 5.56 Å². The van der Waals surface area contributed by atoms with Gasteiger partial charge in [0.05, 0.1) is 5.69 Å². The standard InChI is InChI=1S/C26H17BrN2O/c27-22-11-7-18(8-12-22)4-3-15-28-23-13-14-25-24(17-23)29-26(30-25)21-10-9-19-5-1-2-6-20(19)16-21/h1-17H. The summed E-state index contributed by atoms with van der Waals surface area (Å²) in [6, 6.07) is 28.4. The molecule has 3 nitrogen and oxygen atoms in total. The zero-order valence-electron chi connectivity index (χ0n) is 16.0. The molecule has 0 spiro atoms. The lowest BCUT2D eigenvalue weighted by molar-refractivity contribution is 0.620. The number of allylic oxidation sites excluding steroid dienone is 1. The minimum absolute atomic E-state index is 0.618. The molecule has 0 fully saturated rings. The highest BCUT2D eigenvalue weighted by atomic mass is 79.9. The fourth-order valence-electron chi connectivity index (χ4n) is 3.30. The summed E-state index contributed by atoms with van der Waals surface area (Å²) in [5, 5.41) is 2.37. The van der Waals surface area contributed by atoms with Crippen molar-refractivity contribution in [1.82, 2.24) is 4.98 Å². The van der Waals surface area contributed by atoms with E-state index in [0.717, 1.165) is 32.4 Å². The molecule has 0 saturated carbocycles. The number of hydrogen-bond acceptors (Lipinski definition) is 3. The van der Waals surface area contributed by atoms with Gasteiger partial charge in [-0.1, -0.05) is 64.5 Å². The van der Waals surface area contributed by atoms with Crippen LogP contribution in [0.4, 0.5) is 5.69 Å². The van der Waals surface area contributed by atoms with Crippen LogP contribution in [0.2, 0.25) is 0 Å². The van der Waals surface area contributed by atoms with Crippen molar-refractivity contribution in [2.24, 2.45) is 4.99 Å². The second-order valence-electron chi connectivity index (χ2n) is 6.92. The topological polar surface area (TPSA) is 38.4 Å². The van der Waals surface area contributed by atoms with Crippen LogP contribution >= 0.6 is 15.9 Å². The van der Waals surface area contributed by atoms with E-state index in [1.165, 1.54) is 10.8 Å². The number of aliphatic imine (C=N–C) groups is 1. The van der Waals surface area contributed by atoms with E-state index in [1.807, 2.05) is 72.8 Å². The van der Waals surface area contributed by atoms with Crippen LogP contribution in [0.25, 0.3) is 39.4 Å². The Morgan fingerprint density at radius 3 is 2.53 bits per heavy atom. The minimum atomic E-state index is 0.618. The highest BCUT2D eigenvalue weighted by Crippen LogP contribution is 2.29. The van der Waals surface area contributed by atoms with Crippen LogP contribution in [0.3, 0.4) is 0 Å². The lowest BCUT2D eigenvalue weighted by atomic mass is 10.1.